The second kappa shape index (κ2) is 5.58. The molecule has 6 heteroatoms. The second-order valence-electron chi connectivity index (χ2n) is 3.69. The Kier molecular flexibility index (Phi) is 4.39. The van der Waals surface area contributed by atoms with E-state index in [1.165, 1.54) is 16.7 Å². The molecule has 0 aliphatic rings. The molecule has 0 saturated carbocycles. The summed E-state index contributed by atoms with van der Waals surface area (Å²) < 4.78 is 0. The third kappa shape index (κ3) is 3.67. The van der Waals surface area contributed by atoms with Crippen LogP contribution in [0.25, 0.3) is 0 Å². The number of amides is 2. The van der Waals surface area contributed by atoms with E-state index in [0.29, 0.717) is 16.1 Å². The van der Waals surface area contributed by atoms with E-state index in [0.717, 1.165) is 0 Å². The summed E-state index contributed by atoms with van der Waals surface area (Å²) in [6.07, 6.45) is 0. The van der Waals surface area contributed by atoms with Gasteiger partial charge < -0.3 is 16.4 Å². The van der Waals surface area contributed by atoms with Gasteiger partial charge in [-0.2, -0.15) is 0 Å². The number of nitrogens with zero attached hydrogens (tertiary/aromatic N) is 1. The molecular weight excluding hydrogens is 238 g/mol. The lowest BCUT2D eigenvalue weighted by Crippen LogP contribution is -2.23. The molecule has 1 rings (SSSR count). The number of nitrogens with two attached hydrogens (primary N) is 2. The van der Waals surface area contributed by atoms with Gasteiger partial charge in [-0.1, -0.05) is 0 Å². The second-order valence-corrected chi connectivity index (χ2v) is 4.71. The minimum absolute atomic E-state index is 0.0149. The molecule has 0 radical (unpaired) electrons. The van der Waals surface area contributed by atoms with Crippen LogP contribution in [0.3, 0.4) is 0 Å². The molecule has 92 valence electrons. The van der Waals surface area contributed by atoms with E-state index < -0.39 is 5.91 Å². The highest BCUT2D eigenvalue weighted by Gasteiger charge is 2.09. The SMILES string of the molecule is CN(C)C(=O)CSc1cc(C(N)=O)ccc1N. The molecule has 0 spiro atoms. The van der Waals surface area contributed by atoms with Gasteiger partial charge in [0.05, 0.1) is 5.75 Å². The predicted molar refractivity (Wildman–Crippen MR) is 68.8 cm³/mol. The van der Waals surface area contributed by atoms with Crippen LogP contribution in [-0.4, -0.2) is 36.6 Å². The van der Waals surface area contributed by atoms with Crippen LogP contribution in [0, 0.1) is 0 Å². The number of carbonyl (C=O) groups excluding carboxylic acids is 2. The lowest BCUT2D eigenvalue weighted by Gasteiger charge is -2.11. The molecule has 1 aromatic carbocycles. The Hall–Kier alpha value is -1.69. The fourth-order valence-electron chi connectivity index (χ4n) is 1.08. The number of primary amides is 1. The lowest BCUT2D eigenvalue weighted by molar-refractivity contribution is -0.125. The number of hydrogen-bond donors (Lipinski definition) is 2. The van der Waals surface area contributed by atoms with E-state index in [2.05, 4.69) is 0 Å². The van der Waals surface area contributed by atoms with E-state index in [1.54, 1.807) is 32.3 Å². The zero-order valence-electron chi connectivity index (χ0n) is 9.77. The zero-order valence-corrected chi connectivity index (χ0v) is 10.6. The molecule has 0 saturated heterocycles. The van der Waals surface area contributed by atoms with Gasteiger partial charge in [0.25, 0.3) is 0 Å². The summed E-state index contributed by atoms with van der Waals surface area (Å²) in [5, 5.41) is 0. The number of nitrogen functional groups attached to an aromatic ring is 1. The first kappa shape index (κ1) is 13.4. The normalized spacial score (nSPS) is 10.0. The van der Waals surface area contributed by atoms with Crippen molar-refractivity contribution in [1.82, 2.24) is 4.90 Å². The number of thioether (sulfide) groups is 1. The summed E-state index contributed by atoms with van der Waals surface area (Å²) in [4.78, 5) is 24.6. The van der Waals surface area contributed by atoms with Crippen molar-refractivity contribution in [2.24, 2.45) is 5.73 Å². The van der Waals surface area contributed by atoms with Crippen molar-refractivity contribution in [3.63, 3.8) is 0 Å². The zero-order chi connectivity index (χ0) is 13.0. The molecule has 0 atom stereocenters. The quantitative estimate of drug-likeness (QED) is 0.605. The van der Waals surface area contributed by atoms with Crippen molar-refractivity contribution in [2.45, 2.75) is 4.90 Å². The smallest absolute Gasteiger partial charge is 0.248 e. The van der Waals surface area contributed by atoms with Gasteiger partial charge in [0.2, 0.25) is 11.8 Å². The van der Waals surface area contributed by atoms with Crippen molar-refractivity contribution in [2.75, 3.05) is 25.6 Å². The van der Waals surface area contributed by atoms with Crippen molar-refractivity contribution >= 4 is 29.3 Å². The number of rotatable bonds is 4. The van der Waals surface area contributed by atoms with Crippen molar-refractivity contribution < 1.29 is 9.59 Å². The Bertz CT molecular complexity index is 446. The Morgan fingerprint density at radius 3 is 2.53 bits per heavy atom. The Morgan fingerprint density at radius 2 is 2.00 bits per heavy atom. The molecule has 0 bridgehead atoms. The summed E-state index contributed by atoms with van der Waals surface area (Å²) in [7, 11) is 3.37. The average Bonchev–Trinajstić information content (AvgIpc) is 2.26. The van der Waals surface area contributed by atoms with Crippen molar-refractivity contribution in [3.8, 4) is 0 Å². The van der Waals surface area contributed by atoms with Crippen LogP contribution in [0.4, 0.5) is 5.69 Å². The van der Waals surface area contributed by atoms with Crippen LogP contribution in [-0.2, 0) is 4.79 Å². The first-order valence-electron chi connectivity index (χ1n) is 4.94. The molecule has 0 unspecified atom stereocenters. The highest BCUT2D eigenvalue weighted by molar-refractivity contribution is 8.00. The van der Waals surface area contributed by atoms with Crippen molar-refractivity contribution in [1.29, 1.82) is 0 Å². The van der Waals surface area contributed by atoms with E-state index in [9.17, 15) is 9.59 Å². The molecule has 0 aromatic heterocycles. The van der Waals surface area contributed by atoms with E-state index in [1.807, 2.05) is 0 Å². The van der Waals surface area contributed by atoms with Gasteiger partial charge in [-0.25, -0.2) is 0 Å². The number of anilines is 1. The third-order valence-electron chi connectivity index (χ3n) is 2.15. The molecule has 0 fully saturated rings. The molecule has 5 nitrogen and oxygen atoms in total. The third-order valence-corrected chi connectivity index (χ3v) is 3.20. The molecule has 1 aromatic rings. The highest BCUT2D eigenvalue weighted by Crippen LogP contribution is 2.26. The van der Waals surface area contributed by atoms with Crippen LogP contribution in [0.2, 0.25) is 0 Å². The lowest BCUT2D eigenvalue weighted by atomic mass is 10.2. The molecule has 4 N–H and O–H groups in total. The maximum Gasteiger partial charge on any atom is 0.248 e. The molecule has 0 aliphatic carbocycles. The summed E-state index contributed by atoms with van der Waals surface area (Å²) in [5.41, 5.74) is 11.8. The Labute approximate surface area is 104 Å². The molecule has 0 aliphatic heterocycles. The standard InChI is InChI=1S/C11H15N3O2S/c1-14(2)10(15)6-17-9-5-7(11(13)16)3-4-8(9)12/h3-5H,6,12H2,1-2H3,(H2,13,16). The molecule has 0 heterocycles. The van der Waals surface area contributed by atoms with Crippen molar-refractivity contribution in [3.05, 3.63) is 23.8 Å². The monoisotopic (exact) mass is 253 g/mol. The van der Waals surface area contributed by atoms with Gasteiger partial charge in [0.15, 0.2) is 0 Å². The summed E-state index contributed by atoms with van der Waals surface area (Å²) in [5.74, 6) is -0.246. The summed E-state index contributed by atoms with van der Waals surface area (Å²) in [6, 6.07) is 4.78. The van der Waals surface area contributed by atoms with Gasteiger partial charge in [0.1, 0.15) is 0 Å². The van der Waals surface area contributed by atoms with Gasteiger partial charge >= 0.3 is 0 Å². The van der Waals surface area contributed by atoms with Crippen LogP contribution < -0.4 is 11.5 Å². The summed E-state index contributed by atoms with van der Waals surface area (Å²) >= 11 is 1.29. The number of benzene rings is 1. The highest BCUT2D eigenvalue weighted by atomic mass is 32.2. The minimum Gasteiger partial charge on any atom is -0.398 e. The van der Waals surface area contributed by atoms with Gasteiger partial charge in [-0.3, -0.25) is 9.59 Å². The van der Waals surface area contributed by atoms with Crippen LogP contribution in [0.15, 0.2) is 23.1 Å². The van der Waals surface area contributed by atoms with Gasteiger partial charge in [0, 0.05) is 30.2 Å². The number of hydrogen-bond acceptors (Lipinski definition) is 4. The van der Waals surface area contributed by atoms with Crippen LogP contribution in [0.5, 0.6) is 0 Å². The van der Waals surface area contributed by atoms with E-state index in [4.69, 9.17) is 11.5 Å². The maximum atomic E-state index is 11.4. The predicted octanol–water partition coefficient (Wildman–Crippen LogP) is 0.548. The van der Waals surface area contributed by atoms with E-state index >= 15 is 0 Å². The fourth-order valence-corrected chi connectivity index (χ4v) is 2.06. The first-order valence-corrected chi connectivity index (χ1v) is 5.92. The van der Waals surface area contributed by atoms with E-state index in [-0.39, 0.29) is 11.7 Å². The Balaban J connectivity index is 2.80. The average molecular weight is 253 g/mol. The largest absolute Gasteiger partial charge is 0.398 e. The van der Waals surface area contributed by atoms with Crippen LogP contribution >= 0.6 is 11.8 Å². The van der Waals surface area contributed by atoms with Gasteiger partial charge in [-0.05, 0) is 18.2 Å². The molecule has 17 heavy (non-hydrogen) atoms. The van der Waals surface area contributed by atoms with Crippen LogP contribution in [0.1, 0.15) is 10.4 Å². The molecular formula is C11H15N3O2S. The number of carbonyl (C=O) groups is 2. The molecule has 2 amide bonds. The first-order chi connectivity index (χ1) is 7.91. The Morgan fingerprint density at radius 1 is 1.35 bits per heavy atom. The van der Waals surface area contributed by atoms with Gasteiger partial charge in [-0.15, -0.1) is 11.8 Å². The maximum absolute atomic E-state index is 11.4. The minimum atomic E-state index is -0.509. The summed E-state index contributed by atoms with van der Waals surface area (Å²) in [6.45, 7) is 0. The fraction of sp³-hybridized carbons (Fsp3) is 0.273. The topological polar surface area (TPSA) is 89.4 Å².